The number of hydrogen-bond acceptors (Lipinski definition) is 3. The van der Waals surface area contributed by atoms with Crippen LogP contribution in [0.1, 0.15) is 30.9 Å². The van der Waals surface area contributed by atoms with Crippen LogP contribution < -0.4 is 10.1 Å². The first-order chi connectivity index (χ1) is 12.7. The van der Waals surface area contributed by atoms with E-state index in [-0.39, 0.29) is 5.82 Å². The second kappa shape index (κ2) is 9.36. The number of rotatable bonds is 8. The van der Waals surface area contributed by atoms with E-state index >= 15 is 0 Å². The summed E-state index contributed by atoms with van der Waals surface area (Å²) in [6.45, 7) is 6.74. The third-order valence-corrected chi connectivity index (χ3v) is 5.27. The number of ether oxygens (including phenoxy) is 1. The summed E-state index contributed by atoms with van der Waals surface area (Å²) in [6, 6.07) is 13.1. The third kappa shape index (κ3) is 5.19. The van der Waals surface area contributed by atoms with E-state index in [4.69, 9.17) is 16.3 Å². The van der Waals surface area contributed by atoms with Crippen LogP contribution in [0.4, 0.5) is 4.39 Å². The molecule has 1 heterocycles. The predicted octanol–water partition coefficient (Wildman–Crippen LogP) is 4.63. The molecule has 3 rings (SSSR count). The van der Waals surface area contributed by atoms with Crippen LogP contribution in [0.15, 0.2) is 42.5 Å². The van der Waals surface area contributed by atoms with Crippen LogP contribution in [-0.4, -0.2) is 30.6 Å². The van der Waals surface area contributed by atoms with Gasteiger partial charge in [0, 0.05) is 24.7 Å². The van der Waals surface area contributed by atoms with Crippen molar-refractivity contribution in [2.75, 3.05) is 19.6 Å². The lowest BCUT2D eigenvalue weighted by Gasteiger charge is -2.23. The second-order valence-corrected chi connectivity index (χ2v) is 7.13. The van der Waals surface area contributed by atoms with Gasteiger partial charge in [0.25, 0.3) is 0 Å². The molecular formula is C21H26ClFN2O. The first kappa shape index (κ1) is 19.2. The summed E-state index contributed by atoms with van der Waals surface area (Å²) in [5, 5.41) is 3.95. The number of likely N-dealkylation sites (tertiary alicyclic amines) is 1. The lowest BCUT2D eigenvalue weighted by atomic mass is 10.2. The number of halogens is 2. The average Bonchev–Trinajstić information content (AvgIpc) is 3.09. The van der Waals surface area contributed by atoms with Gasteiger partial charge in [-0.2, -0.15) is 0 Å². The van der Waals surface area contributed by atoms with Crippen molar-refractivity contribution in [1.29, 1.82) is 0 Å². The zero-order valence-corrected chi connectivity index (χ0v) is 15.9. The lowest BCUT2D eigenvalue weighted by Crippen LogP contribution is -2.37. The summed E-state index contributed by atoms with van der Waals surface area (Å²) in [4.78, 5) is 2.54. The fraction of sp³-hybridized carbons (Fsp3) is 0.429. The summed E-state index contributed by atoms with van der Waals surface area (Å²) < 4.78 is 18.9. The summed E-state index contributed by atoms with van der Waals surface area (Å²) in [6.07, 6.45) is 2.58. The van der Waals surface area contributed by atoms with E-state index < -0.39 is 0 Å². The minimum Gasteiger partial charge on any atom is -0.489 e. The molecule has 2 aromatic rings. The van der Waals surface area contributed by atoms with Crippen LogP contribution in [-0.2, 0) is 13.2 Å². The third-order valence-electron chi connectivity index (χ3n) is 4.92. The maximum absolute atomic E-state index is 13.1. The average molecular weight is 377 g/mol. The van der Waals surface area contributed by atoms with Crippen molar-refractivity contribution in [2.45, 2.75) is 39.0 Å². The molecule has 1 aliphatic rings. The van der Waals surface area contributed by atoms with Crippen molar-refractivity contribution in [2.24, 2.45) is 0 Å². The molecule has 2 aromatic carbocycles. The molecule has 0 unspecified atom stereocenters. The maximum atomic E-state index is 13.1. The zero-order chi connectivity index (χ0) is 18.4. The molecule has 1 fully saturated rings. The Morgan fingerprint density at radius 2 is 2.15 bits per heavy atom. The van der Waals surface area contributed by atoms with Crippen molar-refractivity contribution in [3.05, 3.63) is 64.4 Å². The summed E-state index contributed by atoms with van der Waals surface area (Å²) in [7, 11) is 0. The minimum atomic E-state index is -0.337. The van der Waals surface area contributed by atoms with Crippen molar-refractivity contribution < 1.29 is 9.13 Å². The van der Waals surface area contributed by atoms with E-state index in [0.717, 1.165) is 30.9 Å². The molecular weight excluding hydrogens is 351 g/mol. The molecule has 0 aromatic heterocycles. The van der Waals surface area contributed by atoms with Crippen LogP contribution in [0.25, 0.3) is 0 Å². The quantitative estimate of drug-likeness (QED) is 0.726. The van der Waals surface area contributed by atoms with Crippen LogP contribution in [0.5, 0.6) is 5.75 Å². The molecule has 0 amide bonds. The molecule has 0 aliphatic carbocycles. The van der Waals surface area contributed by atoms with Gasteiger partial charge >= 0.3 is 0 Å². The van der Waals surface area contributed by atoms with E-state index in [1.54, 1.807) is 6.07 Å². The highest BCUT2D eigenvalue weighted by Crippen LogP contribution is 2.21. The fourth-order valence-electron chi connectivity index (χ4n) is 3.47. The highest BCUT2D eigenvalue weighted by atomic mass is 35.5. The van der Waals surface area contributed by atoms with Gasteiger partial charge in [-0.15, -0.1) is 0 Å². The molecule has 1 saturated heterocycles. The Kier molecular flexibility index (Phi) is 6.89. The number of benzene rings is 2. The highest BCUT2D eigenvalue weighted by molar-refractivity contribution is 6.31. The van der Waals surface area contributed by atoms with E-state index in [1.807, 2.05) is 18.2 Å². The largest absolute Gasteiger partial charge is 0.489 e. The van der Waals surface area contributed by atoms with Gasteiger partial charge in [-0.05, 0) is 55.8 Å². The summed E-state index contributed by atoms with van der Waals surface area (Å²) in [5.74, 6) is 0.455. The van der Waals surface area contributed by atoms with Crippen molar-refractivity contribution in [3.63, 3.8) is 0 Å². The molecule has 5 heteroatoms. The number of hydrogen-bond donors (Lipinski definition) is 1. The summed E-state index contributed by atoms with van der Waals surface area (Å²) >= 11 is 6.05. The topological polar surface area (TPSA) is 24.5 Å². The van der Waals surface area contributed by atoms with Gasteiger partial charge in [-0.1, -0.05) is 36.7 Å². The van der Waals surface area contributed by atoms with Gasteiger partial charge in [0.15, 0.2) is 0 Å². The number of nitrogens with one attached hydrogen (secondary N) is 1. The molecule has 140 valence electrons. The zero-order valence-electron chi connectivity index (χ0n) is 15.2. The molecule has 1 aliphatic heterocycles. The van der Waals surface area contributed by atoms with Gasteiger partial charge in [0.1, 0.15) is 18.2 Å². The first-order valence-corrected chi connectivity index (χ1v) is 9.64. The maximum Gasteiger partial charge on any atom is 0.124 e. The van der Waals surface area contributed by atoms with Crippen LogP contribution in [0.3, 0.4) is 0 Å². The molecule has 0 saturated carbocycles. The Balaban J connectivity index is 1.50. The Labute approximate surface area is 160 Å². The molecule has 0 bridgehead atoms. The molecule has 1 atom stereocenters. The molecule has 1 N–H and O–H groups in total. The van der Waals surface area contributed by atoms with Crippen LogP contribution >= 0.6 is 11.6 Å². The van der Waals surface area contributed by atoms with E-state index in [9.17, 15) is 4.39 Å². The van der Waals surface area contributed by atoms with E-state index in [2.05, 4.69) is 23.2 Å². The van der Waals surface area contributed by atoms with E-state index in [1.165, 1.54) is 37.1 Å². The summed E-state index contributed by atoms with van der Waals surface area (Å²) in [5.41, 5.74) is 1.96. The SMILES string of the molecule is CCN1CCC[C@@H]1CNCc1cccc(OCc2ccc(F)cc2Cl)c1. The van der Waals surface area contributed by atoms with Crippen molar-refractivity contribution in [1.82, 2.24) is 10.2 Å². The minimum absolute atomic E-state index is 0.323. The number of nitrogens with zero attached hydrogens (tertiary/aromatic N) is 1. The Hall–Kier alpha value is -1.62. The van der Waals surface area contributed by atoms with Gasteiger partial charge < -0.3 is 10.1 Å². The Bertz CT molecular complexity index is 725. The number of likely N-dealkylation sites (N-methyl/N-ethyl adjacent to an activating group) is 1. The van der Waals surface area contributed by atoms with E-state index in [0.29, 0.717) is 17.7 Å². The smallest absolute Gasteiger partial charge is 0.124 e. The van der Waals surface area contributed by atoms with Crippen LogP contribution in [0.2, 0.25) is 5.02 Å². The Morgan fingerprint density at radius 3 is 2.96 bits per heavy atom. The van der Waals surface area contributed by atoms with Gasteiger partial charge in [0.05, 0.1) is 5.02 Å². The van der Waals surface area contributed by atoms with Crippen molar-refractivity contribution >= 4 is 11.6 Å². The highest BCUT2D eigenvalue weighted by Gasteiger charge is 2.22. The normalized spacial score (nSPS) is 17.6. The first-order valence-electron chi connectivity index (χ1n) is 9.26. The van der Waals surface area contributed by atoms with Crippen molar-refractivity contribution in [3.8, 4) is 5.75 Å². The predicted molar refractivity (Wildman–Crippen MR) is 104 cm³/mol. The monoisotopic (exact) mass is 376 g/mol. The second-order valence-electron chi connectivity index (χ2n) is 6.73. The lowest BCUT2D eigenvalue weighted by molar-refractivity contribution is 0.260. The molecule has 0 radical (unpaired) electrons. The van der Waals surface area contributed by atoms with Gasteiger partial charge in [-0.25, -0.2) is 4.39 Å². The van der Waals surface area contributed by atoms with Crippen LogP contribution in [0, 0.1) is 5.82 Å². The molecule has 0 spiro atoms. The standard InChI is InChI=1S/C21H26ClFN2O/c1-2-25-10-4-6-19(25)14-24-13-16-5-3-7-20(11-16)26-15-17-8-9-18(23)12-21(17)22/h3,5,7-9,11-12,19,24H,2,4,6,10,13-15H2,1H3/t19-/m1/s1. The van der Waals surface area contributed by atoms with Gasteiger partial charge in [0.2, 0.25) is 0 Å². The molecule has 26 heavy (non-hydrogen) atoms. The fourth-order valence-corrected chi connectivity index (χ4v) is 3.69. The Morgan fingerprint density at radius 1 is 1.27 bits per heavy atom. The molecule has 3 nitrogen and oxygen atoms in total. The van der Waals surface area contributed by atoms with Gasteiger partial charge in [-0.3, -0.25) is 4.90 Å².